The lowest BCUT2D eigenvalue weighted by Crippen LogP contribution is -2.11. The largest absolute Gasteiger partial charge is 0.387 e. The maximum atomic E-state index is 12.5. The Hall–Kier alpha value is -1.00. The van der Waals surface area contributed by atoms with Crippen molar-refractivity contribution in [2.75, 3.05) is 6.54 Å². The van der Waals surface area contributed by atoms with Crippen molar-refractivity contribution in [3.63, 3.8) is 0 Å². The summed E-state index contributed by atoms with van der Waals surface area (Å²) in [4.78, 5) is 0. The zero-order chi connectivity index (χ0) is 9.14. The van der Waals surface area contributed by atoms with Crippen LogP contribution in [0, 0.1) is 11.6 Å². The fraction of sp³-hybridized carbons (Fsp3) is 0.250. The number of benzene rings is 1. The summed E-state index contributed by atoms with van der Waals surface area (Å²) in [6, 6.07) is 3.20. The van der Waals surface area contributed by atoms with E-state index >= 15 is 0 Å². The Morgan fingerprint density at radius 3 is 2.50 bits per heavy atom. The quantitative estimate of drug-likeness (QED) is 0.699. The van der Waals surface area contributed by atoms with Crippen molar-refractivity contribution >= 4 is 0 Å². The molecule has 0 aliphatic heterocycles. The summed E-state index contributed by atoms with van der Waals surface area (Å²) in [6.07, 6.45) is -0.930. The molecule has 1 aromatic carbocycles. The monoisotopic (exact) mass is 173 g/mol. The van der Waals surface area contributed by atoms with E-state index in [9.17, 15) is 8.78 Å². The minimum Gasteiger partial charge on any atom is -0.387 e. The van der Waals surface area contributed by atoms with E-state index in [4.69, 9.17) is 10.8 Å². The number of hydrogen-bond acceptors (Lipinski definition) is 2. The van der Waals surface area contributed by atoms with Crippen LogP contribution in [0.4, 0.5) is 8.78 Å². The fourth-order valence-corrected chi connectivity index (χ4v) is 0.856. The lowest BCUT2D eigenvalue weighted by molar-refractivity contribution is 0.186. The van der Waals surface area contributed by atoms with Gasteiger partial charge in [-0.3, -0.25) is 0 Å². The molecule has 66 valence electrons. The van der Waals surface area contributed by atoms with Gasteiger partial charge in [0.1, 0.15) is 0 Å². The second kappa shape index (κ2) is 3.60. The van der Waals surface area contributed by atoms with Gasteiger partial charge in [-0.1, -0.05) is 6.07 Å². The van der Waals surface area contributed by atoms with Crippen LogP contribution in [0.1, 0.15) is 11.7 Å². The molecule has 1 aromatic rings. The zero-order valence-electron chi connectivity index (χ0n) is 6.30. The highest BCUT2D eigenvalue weighted by Gasteiger charge is 2.08. The molecule has 0 aliphatic rings. The smallest absolute Gasteiger partial charge is 0.159 e. The van der Waals surface area contributed by atoms with Gasteiger partial charge in [0.2, 0.25) is 0 Å². The van der Waals surface area contributed by atoms with E-state index in [-0.39, 0.29) is 12.1 Å². The molecule has 4 heteroatoms. The Morgan fingerprint density at radius 2 is 2.00 bits per heavy atom. The third-order valence-electron chi connectivity index (χ3n) is 1.55. The van der Waals surface area contributed by atoms with Crippen LogP contribution >= 0.6 is 0 Å². The minimum atomic E-state index is -0.972. The molecule has 0 fully saturated rings. The van der Waals surface area contributed by atoms with E-state index in [1.54, 1.807) is 0 Å². The molecule has 1 unspecified atom stereocenters. The van der Waals surface area contributed by atoms with Gasteiger partial charge in [-0.25, -0.2) is 8.78 Å². The normalized spacial score (nSPS) is 13.0. The van der Waals surface area contributed by atoms with Gasteiger partial charge < -0.3 is 10.8 Å². The first kappa shape index (κ1) is 9.09. The summed E-state index contributed by atoms with van der Waals surface area (Å²) >= 11 is 0. The molecule has 1 atom stereocenters. The summed E-state index contributed by atoms with van der Waals surface area (Å²) in [6.45, 7) is -0.00886. The number of aliphatic hydroxyl groups is 1. The maximum absolute atomic E-state index is 12.5. The molecule has 2 nitrogen and oxygen atoms in total. The van der Waals surface area contributed by atoms with Crippen LogP contribution in [0.15, 0.2) is 18.2 Å². The first-order valence-electron chi connectivity index (χ1n) is 3.48. The highest BCUT2D eigenvalue weighted by Crippen LogP contribution is 2.14. The number of aliphatic hydroxyl groups excluding tert-OH is 1. The Kier molecular flexibility index (Phi) is 2.73. The molecule has 0 aromatic heterocycles. The molecule has 12 heavy (non-hydrogen) atoms. The molecule has 0 saturated heterocycles. The van der Waals surface area contributed by atoms with Gasteiger partial charge in [0, 0.05) is 6.54 Å². The number of hydrogen-bond donors (Lipinski definition) is 2. The van der Waals surface area contributed by atoms with Gasteiger partial charge in [-0.2, -0.15) is 0 Å². The molecule has 0 saturated carbocycles. The Bertz CT molecular complexity index is 278. The molecule has 1 rings (SSSR count). The van der Waals surface area contributed by atoms with Gasteiger partial charge in [-0.15, -0.1) is 0 Å². The van der Waals surface area contributed by atoms with E-state index < -0.39 is 17.7 Å². The maximum Gasteiger partial charge on any atom is 0.159 e. The summed E-state index contributed by atoms with van der Waals surface area (Å²) < 4.78 is 24.9. The summed E-state index contributed by atoms with van der Waals surface area (Å²) in [5, 5.41) is 9.13. The predicted molar refractivity (Wildman–Crippen MR) is 40.4 cm³/mol. The van der Waals surface area contributed by atoms with Crippen LogP contribution in [0.3, 0.4) is 0 Å². The molecular formula is C8H9F2NO. The van der Waals surface area contributed by atoms with Crippen molar-refractivity contribution in [2.45, 2.75) is 6.10 Å². The molecular weight excluding hydrogens is 164 g/mol. The van der Waals surface area contributed by atoms with E-state index in [0.717, 1.165) is 12.1 Å². The number of halogens is 2. The lowest BCUT2D eigenvalue weighted by Gasteiger charge is -2.07. The van der Waals surface area contributed by atoms with Gasteiger partial charge in [0.15, 0.2) is 11.6 Å². The van der Waals surface area contributed by atoms with Crippen molar-refractivity contribution in [3.8, 4) is 0 Å². The molecule has 0 bridgehead atoms. The third-order valence-corrected chi connectivity index (χ3v) is 1.55. The van der Waals surface area contributed by atoms with E-state index in [1.165, 1.54) is 6.07 Å². The summed E-state index contributed by atoms with van der Waals surface area (Å²) in [5.74, 6) is -1.90. The predicted octanol–water partition coefficient (Wildman–Crippen LogP) is 0.957. The van der Waals surface area contributed by atoms with Crippen molar-refractivity contribution in [1.29, 1.82) is 0 Å². The Labute approximate surface area is 68.6 Å². The van der Waals surface area contributed by atoms with Gasteiger partial charge in [0.05, 0.1) is 6.10 Å². The van der Waals surface area contributed by atoms with Crippen LogP contribution in [0.25, 0.3) is 0 Å². The lowest BCUT2D eigenvalue weighted by atomic mass is 10.1. The third kappa shape index (κ3) is 1.78. The molecule has 0 amide bonds. The average molecular weight is 173 g/mol. The molecule has 0 aliphatic carbocycles. The van der Waals surface area contributed by atoms with Crippen LogP contribution in [-0.2, 0) is 0 Å². The Morgan fingerprint density at radius 1 is 1.33 bits per heavy atom. The van der Waals surface area contributed by atoms with Gasteiger partial charge in [-0.05, 0) is 17.7 Å². The molecule has 0 radical (unpaired) electrons. The van der Waals surface area contributed by atoms with Crippen LogP contribution in [0.5, 0.6) is 0 Å². The van der Waals surface area contributed by atoms with Gasteiger partial charge in [0.25, 0.3) is 0 Å². The van der Waals surface area contributed by atoms with E-state index in [1.807, 2.05) is 0 Å². The standard InChI is InChI=1S/C8H9F2NO/c9-6-2-1-5(3-7(6)10)8(12)4-11/h1-3,8,12H,4,11H2. The van der Waals surface area contributed by atoms with Gasteiger partial charge >= 0.3 is 0 Å². The molecule has 0 heterocycles. The highest BCUT2D eigenvalue weighted by atomic mass is 19.2. The van der Waals surface area contributed by atoms with Crippen molar-refractivity contribution < 1.29 is 13.9 Å². The molecule has 0 spiro atoms. The first-order chi connectivity index (χ1) is 5.65. The number of rotatable bonds is 2. The summed E-state index contributed by atoms with van der Waals surface area (Å²) in [7, 11) is 0. The second-order valence-electron chi connectivity index (χ2n) is 2.43. The second-order valence-corrected chi connectivity index (χ2v) is 2.43. The van der Waals surface area contributed by atoms with Crippen molar-refractivity contribution in [3.05, 3.63) is 35.4 Å². The zero-order valence-corrected chi connectivity index (χ0v) is 6.30. The topological polar surface area (TPSA) is 46.2 Å². The minimum absolute atomic E-state index is 0.00886. The average Bonchev–Trinajstić information content (AvgIpc) is 2.08. The van der Waals surface area contributed by atoms with Crippen LogP contribution in [0.2, 0.25) is 0 Å². The molecule has 3 N–H and O–H groups in total. The first-order valence-corrected chi connectivity index (χ1v) is 3.48. The van der Waals surface area contributed by atoms with E-state index in [2.05, 4.69) is 0 Å². The fourth-order valence-electron chi connectivity index (χ4n) is 0.856. The Balaban J connectivity index is 2.96. The summed E-state index contributed by atoms with van der Waals surface area (Å²) in [5.41, 5.74) is 5.41. The van der Waals surface area contributed by atoms with E-state index in [0.29, 0.717) is 0 Å². The van der Waals surface area contributed by atoms with Crippen molar-refractivity contribution in [1.82, 2.24) is 0 Å². The number of nitrogens with two attached hydrogens (primary N) is 1. The van der Waals surface area contributed by atoms with Crippen LogP contribution in [-0.4, -0.2) is 11.7 Å². The SMILES string of the molecule is NCC(O)c1ccc(F)c(F)c1. The highest BCUT2D eigenvalue weighted by molar-refractivity contribution is 5.20. The van der Waals surface area contributed by atoms with Crippen molar-refractivity contribution in [2.24, 2.45) is 5.73 Å². The van der Waals surface area contributed by atoms with Crippen LogP contribution < -0.4 is 5.73 Å².